The number of aromatic amines is 1. The lowest BCUT2D eigenvalue weighted by molar-refractivity contribution is 0.0950. The third kappa shape index (κ3) is 7.96. The van der Waals surface area contributed by atoms with Crippen molar-refractivity contribution in [1.29, 1.82) is 5.41 Å². The number of aryl methyl sites for hydroxylation is 2. The number of nitrogens with one attached hydrogen (secondary N) is 5. The minimum absolute atomic E-state index is 0.0880. The molecule has 4 heterocycles. The van der Waals surface area contributed by atoms with Crippen molar-refractivity contribution < 1.29 is 4.79 Å². The number of nitrogens with zero attached hydrogens (tertiary/aromatic N) is 2. The molecule has 1 amide bonds. The zero-order chi connectivity index (χ0) is 32.4. The average Bonchev–Trinajstić information content (AvgIpc) is 2.96. The van der Waals surface area contributed by atoms with E-state index >= 15 is 0 Å². The van der Waals surface area contributed by atoms with Gasteiger partial charge >= 0.3 is 0 Å². The van der Waals surface area contributed by atoms with E-state index in [0.29, 0.717) is 22.5 Å². The van der Waals surface area contributed by atoms with Gasteiger partial charge in [-0.25, -0.2) is 4.98 Å². The molecule has 2 aliphatic rings. The SMILES string of the molecule is Cc1cc(C)c(CNC(=O)c2cc(C3=CC(C)(C)NC(C)(C)C3)nc(NC3CCN(Cc4ccccc4)CC3)c2C=N)c(=O)[nH]1. The number of aromatic nitrogens is 2. The Kier molecular flexibility index (Phi) is 9.41. The van der Waals surface area contributed by atoms with Crippen molar-refractivity contribution in [2.24, 2.45) is 0 Å². The molecule has 45 heavy (non-hydrogen) atoms. The zero-order valence-corrected chi connectivity index (χ0v) is 27.4. The Morgan fingerprint density at radius 1 is 1.11 bits per heavy atom. The van der Waals surface area contributed by atoms with Crippen LogP contribution in [0, 0.1) is 19.3 Å². The van der Waals surface area contributed by atoms with Gasteiger partial charge < -0.3 is 26.3 Å². The third-order valence-electron chi connectivity index (χ3n) is 8.70. The molecule has 3 aromatic rings. The summed E-state index contributed by atoms with van der Waals surface area (Å²) < 4.78 is 0. The van der Waals surface area contributed by atoms with Crippen molar-refractivity contribution in [1.82, 2.24) is 25.5 Å². The van der Waals surface area contributed by atoms with E-state index in [1.165, 1.54) is 11.8 Å². The Balaban J connectivity index is 1.44. The van der Waals surface area contributed by atoms with E-state index in [2.05, 4.69) is 83.9 Å². The summed E-state index contributed by atoms with van der Waals surface area (Å²) in [4.78, 5) is 36.8. The Labute approximate surface area is 266 Å². The molecule has 9 heteroatoms. The number of carbonyl (C=O) groups is 1. The van der Waals surface area contributed by atoms with Gasteiger partial charge in [-0.1, -0.05) is 36.4 Å². The molecular weight excluding hydrogens is 562 g/mol. The molecule has 9 nitrogen and oxygen atoms in total. The van der Waals surface area contributed by atoms with Gasteiger partial charge in [-0.2, -0.15) is 0 Å². The van der Waals surface area contributed by atoms with E-state index < -0.39 is 0 Å². The van der Waals surface area contributed by atoms with E-state index in [-0.39, 0.29) is 35.1 Å². The predicted octanol–water partition coefficient (Wildman–Crippen LogP) is 5.32. The molecule has 1 fully saturated rings. The second kappa shape index (κ2) is 13.1. The highest BCUT2D eigenvalue weighted by Crippen LogP contribution is 2.35. The van der Waals surface area contributed by atoms with Gasteiger partial charge in [0.15, 0.2) is 0 Å². The van der Waals surface area contributed by atoms with Crippen LogP contribution in [0.2, 0.25) is 0 Å². The topological polar surface area (TPSA) is 126 Å². The minimum Gasteiger partial charge on any atom is -0.367 e. The normalized spacial score (nSPS) is 18.2. The van der Waals surface area contributed by atoms with Gasteiger partial charge in [0, 0.05) is 66.3 Å². The van der Waals surface area contributed by atoms with Crippen LogP contribution in [-0.2, 0) is 13.1 Å². The second-order valence-electron chi connectivity index (χ2n) is 13.8. The van der Waals surface area contributed by atoms with Gasteiger partial charge in [0.05, 0.1) is 11.3 Å². The van der Waals surface area contributed by atoms with Crippen molar-refractivity contribution >= 4 is 23.5 Å². The Morgan fingerprint density at radius 2 is 1.82 bits per heavy atom. The standard InChI is InChI=1S/C36H47N7O2/c1-23-16-24(2)39-34(45)30(23)21-38-33(44)28-17-31(26-18-35(3,4)42-36(5,6)19-26)41-32(29(28)20-37)40-27-12-14-43(15-13-27)22-25-10-8-7-9-11-25/h7-11,16-18,20,27,37,42H,12-15,19,21-22H2,1-6H3,(H,38,44)(H,39,45)(H,40,41). The summed E-state index contributed by atoms with van der Waals surface area (Å²) in [5.74, 6) is 0.207. The number of H-pyrrole nitrogens is 1. The Bertz CT molecular complexity index is 1650. The van der Waals surface area contributed by atoms with Crippen LogP contribution in [0.15, 0.2) is 53.3 Å². The van der Waals surface area contributed by atoms with Gasteiger partial charge in [0.2, 0.25) is 0 Å². The highest BCUT2D eigenvalue weighted by Gasteiger charge is 2.34. The number of rotatable bonds is 9. The first kappa shape index (κ1) is 32.3. The maximum absolute atomic E-state index is 13.8. The fraction of sp³-hybridized carbons (Fsp3) is 0.444. The summed E-state index contributed by atoms with van der Waals surface area (Å²) in [7, 11) is 0. The van der Waals surface area contributed by atoms with Crippen molar-refractivity contribution in [3.63, 3.8) is 0 Å². The average molecular weight is 610 g/mol. The summed E-state index contributed by atoms with van der Waals surface area (Å²) in [6.07, 6.45) is 6.00. The lowest BCUT2D eigenvalue weighted by atomic mass is 9.82. The summed E-state index contributed by atoms with van der Waals surface area (Å²) in [6, 6.07) is 14.4. The summed E-state index contributed by atoms with van der Waals surface area (Å²) >= 11 is 0. The van der Waals surface area contributed by atoms with Crippen LogP contribution >= 0.6 is 0 Å². The molecule has 0 saturated carbocycles. The molecule has 5 rings (SSSR count). The van der Waals surface area contributed by atoms with E-state index in [1.54, 1.807) is 6.07 Å². The maximum atomic E-state index is 13.8. The fourth-order valence-electron chi connectivity index (χ4n) is 6.88. The van der Waals surface area contributed by atoms with Crippen LogP contribution in [-0.4, -0.2) is 57.2 Å². The first-order valence-electron chi connectivity index (χ1n) is 15.9. The molecule has 0 spiro atoms. The largest absolute Gasteiger partial charge is 0.367 e. The quantitative estimate of drug-likeness (QED) is 0.209. The number of hydrogen-bond donors (Lipinski definition) is 5. The number of likely N-dealkylation sites (tertiary alicyclic amines) is 1. The van der Waals surface area contributed by atoms with Crippen LogP contribution in [0.5, 0.6) is 0 Å². The van der Waals surface area contributed by atoms with E-state index in [4.69, 9.17) is 10.4 Å². The number of pyridine rings is 2. The summed E-state index contributed by atoms with van der Waals surface area (Å²) in [5, 5.41) is 18.6. The summed E-state index contributed by atoms with van der Waals surface area (Å²) in [5.41, 5.74) is 5.40. The van der Waals surface area contributed by atoms with Crippen molar-refractivity contribution in [2.75, 3.05) is 18.4 Å². The summed E-state index contributed by atoms with van der Waals surface area (Å²) in [6.45, 7) is 15.2. The van der Waals surface area contributed by atoms with E-state index in [1.807, 2.05) is 26.0 Å². The third-order valence-corrected chi connectivity index (χ3v) is 8.70. The molecule has 0 aliphatic carbocycles. The molecule has 2 aromatic heterocycles. The number of piperidine rings is 1. The lowest BCUT2D eigenvalue weighted by Gasteiger charge is -2.41. The molecule has 0 atom stereocenters. The highest BCUT2D eigenvalue weighted by molar-refractivity contribution is 6.05. The van der Waals surface area contributed by atoms with Crippen molar-refractivity contribution in [3.8, 4) is 0 Å². The van der Waals surface area contributed by atoms with Crippen LogP contribution in [0.4, 0.5) is 5.82 Å². The van der Waals surface area contributed by atoms with Gasteiger partial charge in [0.1, 0.15) is 5.82 Å². The van der Waals surface area contributed by atoms with Gasteiger partial charge in [-0.15, -0.1) is 0 Å². The molecule has 1 saturated heterocycles. The zero-order valence-electron chi connectivity index (χ0n) is 27.4. The van der Waals surface area contributed by atoms with Crippen LogP contribution < -0.4 is 21.5 Å². The molecule has 238 valence electrons. The Morgan fingerprint density at radius 3 is 2.47 bits per heavy atom. The first-order chi connectivity index (χ1) is 21.3. The molecule has 2 aliphatic heterocycles. The highest BCUT2D eigenvalue weighted by atomic mass is 16.1. The smallest absolute Gasteiger partial charge is 0.253 e. The van der Waals surface area contributed by atoms with Gasteiger partial charge in [-0.05, 0) is 89.6 Å². The lowest BCUT2D eigenvalue weighted by Crippen LogP contribution is -2.53. The van der Waals surface area contributed by atoms with Gasteiger partial charge in [0.25, 0.3) is 11.5 Å². The molecule has 5 N–H and O–H groups in total. The Hall–Kier alpha value is -4.08. The number of benzene rings is 1. The number of carbonyl (C=O) groups excluding carboxylic acids is 1. The van der Waals surface area contributed by atoms with Gasteiger partial charge in [-0.3, -0.25) is 14.5 Å². The first-order valence-corrected chi connectivity index (χ1v) is 15.9. The van der Waals surface area contributed by atoms with E-state index in [9.17, 15) is 9.59 Å². The van der Waals surface area contributed by atoms with Crippen LogP contribution in [0.1, 0.15) is 91.0 Å². The van der Waals surface area contributed by atoms with Crippen molar-refractivity contribution in [3.05, 3.63) is 98.1 Å². The number of anilines is 1. The molecule has 0 radical (unpaired) electrons. The predicted molar refractivity (Wildman–Crippen MR) is 182 cm³/mol. The minimum atomic E-state index is -0.342. The fourth-order valence-corrected chi connectivity index (χ4v) is 6.88. The molecular formula is C36H47N7O2. The maximum Gasteiger partial charge on any atom is 0.253 e. The molecule has 1 aromatic carbocycles. The van der Waals surface area contributed by atoms with Crippen molar-refractivity contribution in [2.45, 2.75) is 91.0 Å². The monoisotopic (exact) mass is 609 g/mol. The van der Waals surface area contributed by atoms with Crippen LogP contribution in [0.25, 0.3) is 5.57 Å². The molecule has 0 bridgehead atoms. The number of hydrogen-bond acceptors (Lipinski definition) is 7. The second-order valence-corrected chi connectivity index (χ2v) is 13.8. The van der Waals surface area contributed by atoms with E-state index in [0.717, 1.165) is 61.4 Å². The number of amides is 1. The van der Waals surface area contributed by atoms with Crippen LogP contribution in [0.3, 0.4) is 0 Å². The molecule has 0 unspecified atom stereocenters.